The zero-order valence-corrected chi connectivity index (χ0v) is 10.8. The summed E-state index contributed by atoms with van der Waals surface area (Å²) < 4.78 is 5.00. The number of carbonyl (C=O) groups excluding carboxylic acids is 1. The smallest absolute Gasteiger partial charge is 0.409 e. The molecule has 0 heterocycles. The summed E-state index contributed by atoms with van der Waals surface area (Å²) in [4.78, 5) is 12.7. The number of nitrogens with zero attached hydrogens (tertiary/aromatic N) is 1. The number of amides is 1. The molecule has 16 heavy (non-hydrogen) atoms. The fourth-order valence-electron chi connectivity index (χ4n) is 0.711. The molecule has 0 rings (SSSR count). The van der Waals surface area contributed by atoms with Crippen LogP contribution in [-0.2, 0) is 4.74 Å². The number of ether oxygens (including phenoxy) is 1. The molecule has 0 aromatic rings. The van der Waals surface area contributed by atoms with Crippen molar-refractivity contribution in [3.05, 3.63) is 37.0 Å². The number of hydrogen-bond donors (Lipinski definition) is 0. The monoisotopic (exact) mass is 225 g/mol. The van der Waals surface area contributed by atoms with Gasteiger partial charge >= 0.3 is 6.09 Å². The van der Waals surface area contributed by atoms with Crippen molar-refractivity contribution in [2.75, 3.05) is 20.2 Å². The molecular formula is C13H23NO2. The van der Waals surface area contributed by atoms with Crippen LogP contribution in [0.15, 0.2) is 37.0 Å². The minimum Gasteiger partial charge on any atom is -0.445 e. The average molecular weight is 225 g/mol. The first-order chi connectivity index (χ1) is 7.65. The molecule has 0 saturated heterocycles. The molecule has 3 nitrogen and oxygen atoms in total. The first-order valence-corrected chi connectivity index (χ1v) is 5.47. The van der Waals surface area contributed by atoms with Crippen LogP contribution >= 0.6 is 0 Å². The zero-order chi connectivity index (χ0) is 13.0. The summed E-state index contributed by atoms with van der Waals surface area (Å²) in [5.41, 5.74) is 0.831. The van der Waals surface area contributed by atoms with Gasteiger partial charge in [-0.15, -0.1) is 0 Å². The van der Waals surface area contributed by atoms with Crippen LogP contribution in [0.5, 0.6) is 0 Å². The van der Waals surface area contributed by atoms with Crippen molar-refractivity contribution < 1.29 is 9.53 Å². The van der Waals surface area contributed by atoms with Gasteiger partial charge in [-0.1, -0.05) is 45.2 Å². The Labute approximate surface area is 99.1 Å². The van der Waals surface area contributed by atoms with Crippen LogP contribution in [0.2, 0.25) is 0 Å². The van der Waals surface area contributed by atoms with Crippen molar-refractivity contribution in [2.24, 2.45) is 0 Å². The number of allylic oxidation sites excluding steroid dienone is 2. The summed E-state index contributed by atoms with van der Waals surface area (Å²) in [6.07, 6.45) is 4.70. The van der Waals surface area contributed by atoms with Gasteiger partial charge < -0.3 is 9.64 Å². The second-order valence-corrected chi connectivity index (χ2v) is 2.75. The van der Waals surface area contributed by atoms with E-state index in [4.69, 9.17) is 4.74 Å². The minimum atomic E-state index is -0.329. The van der Waals surface area contributed by atoms with Crippen LogP contribution < -0.4 is 0 Å². The van der Waals surface area contributed by atoms with E-state index in [2.05, 4.69) is 13.2 Å². The van der Waals surface area contributed by atoms with Gasteiger partial charge in [-0.05, 0) is 12.5 Å². The summed E-state index contributed by atoms with van der Waals surface area (Å²) in [6, 6.07) is 0. The van der Waals surface area contributed by atoms with Gasteiger partial charge in [-0.25, -0.2) is 4.79 Å². The van der Waals surface area contributed by atoms with Crippen molar-refractivity contribution in [1.82, 2.24) is 4.90 Å². The van der Waals surface area contributed by atoms with Crippen LogP contribution in [0.1, 0.15) is 20.8 Å². The Balaban J connectivity index is 0. The van der Waals surface area contributed by atoms with Gasteiger partial charge in [0.25, 0.3) is 0 Å². The summed E-state index contributed by atoms with van der Waals surface area (Å²) in [5, 5.41) is 0. The van der Waals surface area contributed by atoms with Crippen LogP contribution in [0.4, 0.5) is 4.79 Å². The molecule has 3 heteroatoms. The van der Waals surface area contributed by atoms with Crippen LogP contribution in [0, 0.1) is 0 Å². The van der Waals surface area contributed by atoms with E-state index in [0.717, 1.165) is 5.57 Å². The normalized spacial score (nSPS) is 9.62. The summed E-state index contributed by atoms with van der Waals surface area (Å²) in [7, 11) is 1.69. The van der Waals surface area contributed by atoms with Gasteiger partial charge in [0, 0.05) is 13.6 Å². The fraction of sp³-hybridized carbons (Fsp3) is 0.462. The van der Waals surface area contributed by atoms with Gasteiger partial charge in [0.2, 0.25) is 0 Å². The average Bonchev–Trinajstić information content (AvgIpc) is 2.35. The Morgan fingerprint density at radius 3 is 2.31 bits per heavy atom. The maximum atomic E-state index is 11.2. The van der Waals surface area contributed by atoms with E-state index in [-0.39, 0.29) is 12.7 Å². The lowest BCUT2D eigenvalue weighted by Gasteiger charge is -2.14. The molecule has 0 bridgehead atoms. The maximum absolute atomic E-state index is 11.2. The van der Waals surface area contributed by atoms with E-state index in [1.165, 1.54) is 4.90 Å². The van der Waals surface area contributed by atoms with Gasteiger partial charge in [-0.3, -0.25) is 0 Å². The van der Waals surface area contributed by atoms with E-state index in [9.17, 15) is 4.79 Å². The third-order valence-electron chi connectivity index (χ3n) is 1.74. The Bertz CT molecular complexity index is 244. The van der Waals surface area contributed by atoms with Gasteiger partial charge in [0.15, 0.2) is 0 Å². The second-order valence-electron chi connectivity index (χ2n) is 2.75. The van der Waals surface area contributed by atoms with Crippen LogP contribution in [-0.4, -0.2) is 31.2 Å². The largest absolute Gasteiger partial charge is 0.445 e. The van der Waals surface area contributed by atoms with E-state index in [1.807, 2.05) is 20.8 Å². The van der Waals surface area contributed by atoms with Crippen LogP contribution in [0.3, 0.4) is 0 Å². The maximum Gasteiger partial charge on any atom is 0.409 e. The summed E-state index contributed by atoms with van der Waals surface area (Å²) in [6.45, 7) is 13.9. The molecule has 92 valence electrons. The fourth-order valence-corrected chi connectivity index (χ4v) is 0.711. The zero-order valence-electron chi connectivity index (χ0n) is 10.8. The lowest BCUT2D eigenvalue weighted by Crippen LogP contribution is -2.27. The molecule has 0 saturated carbocycles. The number of carbonyl (C=O) groups is 1. The van der Waals surface area contributed by atoms with E-state index in [1.54, 1.807) is 25.3 Å². The molecule has 0 aliphatic heterocycles. The van der Waals surface area contributed by atoms with Crippen molar-refractivity contribution in [1.29, 1.82) is 0 Å². The number of rotatable bonds is 5. The molecule has 0 aliphatic rings. The molecule has 0 spiro atoms. The lowest BCUT2D eigenvalue weighted by atomic mass is 10.2. The molecule has 0 aromatic heterocycles. The minimum absolute atomic E-state index is 0.235. The molecule has 0 aromatic carbocycles. The molecule has 0 radical (unpaired) electrons. The number of hydrogen-bond acceptors (Lipinski definition) is 2. The summed E-state index contributed by atoms with van der Waals surface area (Å²) >= 11 is 0. The van der Waals surface area contributed by atoms with E-state index in [0.29, 0.717) is 6.54 Å². The Morgan fingerprint density at radius 1 is 1.38 bits per heavy atom. The van der Waals surface area contributed by atoms with Crippen molar-refractivity contribution >= 4 is 6.09 Å². The van der Waals surface area contributed by atoms with Crippen molar-refractivity contribution in [3.63, 3.8) is 0 Å². The Kier molecular flexibility index (Phi) is 12.2. The molecular weight excluding hydrogens is 202 g/mol. The molecule has 0 unspecified atom stereocenters. The molecule has 0 fully saturated rings. The highest BCUT2D eigenvalue weighted by Crippen LogP contribution is 1.99. The molecule has 0 aliphatic carbocycles. The third kappa shape index (κ3) is 7.85. The van der Waals surface area contributed by atoms with Crippen molar-refractivity contribution in [2.45, 2.75) is 20.8 Å². The first-order valence-electron chi connectivity index (χ1n) is 5.47. The molecule has 0 N–H and O–H groups in total. The second kappa shape index (κ2) is 11.6. The van der Waals surface area contributed by atoms with Gasteiger partial charge in [0.1, 0.15) is 6.61 Å². The molecule has 0 atom stereocenters. The highest BCUT2D eigenvalue weighted by molar-refractivity contribution is 5.67. The van der Waals surface area contributed by atoms with Gasteiger partial charge in [0.05, 0.1) is 0 Å². The topological polar surface area (TPSA) is 29.5 Å². The standard InChI is InChI=1S/C11H17NO2.C2H6/c1-5-8-10(6-2)9-14-11(13)12(4)7-3;1-2/h5-6,8H,1-2,7,9H2,3-4H3;1-2H3/b10-8+;. The van der Waals surface area contributed by atoms with Gasteiger partial charge in [-0.2, -0.15) is 0 Å². The van der Waals surface area contributed by atoms with E-state index >= 15 is 0 Å². The molecule has 1 amide bonds. The first kappa shape index (κ1) is 16.9. The highest BCUT2D eigenvalue weighted by atomic mass is 16.6. The third-order valence-corrected chi connectivity index (χ3v) is 1.74. The Hall–Kier alpha value is -1.51. The highest BCUT2D eigenvalue weighted by Gasteiger charge is 2.06. The van der Waals surface area contributed by atoms with Crippen molar-refractivity contribution in [3.8, 4) is 0 Å². The quantitative estimate of drug-likeness (QED) is 0.671. The Morgan fingerprint density at radius 2 is 1.94 bits per heavy atom. The lowest BCUT2D eigenvalue weighted by molar-refractivity contribution is 0.122. The van der Waals surface area contributed by atoms with Crippen LogP contribution in [0.25, 0.3) is 0 Å². The van der Waals surface area contributed by atoms with E-state index < -0.39 is 0 Å². The predicted molar refractivity (Wildman–Crippen MR) is 69.5 cm³/mol. The summed E-state index contributed by atoms with van der Waals surface area (Å²) in [5.74, 6) is 0. The SMILES string of the molecule is C=C/C=C(\C=C)COC(=O)N(C)CC.CC. The predicted octanol–water partition coefficient (Wildman–Crippen LogP) is 3.40.